The molecule has 11 heteroatoms. The molecule has 1 aromatic carbocycles. The zero-order valence-electron chi connectivity index (χ0n) is 19.0. The second kappa shape index (κ2) is 7.98. The van der Waals surface area contributed by atoms with E-state index in [4.69, 9.17) is 10.5 Å². The SMILES string of the molecule is CNc1ccc(O)c2c1C[C@@]1(COC)C[C@H]3[C@H](NC)C(O)=C(C(N)=O)C(O)[C@@]3(O)C(O)=C1C2=O. The molecule has 4 rings (SSSR count). The third-order valence-corrected chi connectivity index (χ3v) is 7.51. The number of amides is 1. The summed E-state index contributed by atoms with van der Waals surface area (Å²) in [4.78, 5) is 25.8. The van der Waals surface area contributed by atoms with Crippen LogP contribution < -0.4 is 16.4 Å². The summed E-state index contributed by atoms with van der Waals surface area (Å²) in [5.74, 6) is -4.67. The van der Waals surface area contributed by atoms with Crippen molar-refractivity contribution in [3.63, 3.8) is 0 Å². The van der Waals surface area contributed by atoms with Crippen LogP contribution in [0.1, 0.15) is 22.3 Å². The number of carbonyl (C=O) groups excluding carboxylic acids is 2. The molecule has 0 heterocycles. The van der Waals surface area contributed by atoms with Gasteiger partial charge < -0.3 is 46.6 Å². The standard InChI is InChI=1S/C23H29N3O8/c1-25-11-4-5-12(27)13-9(11)6-22(8-34-3)7-10-16(26-2)18(29)14(21(24)32)19(30)23(10,33)20(31)15(22)17(13)28/h4-5,10,16,19,25-27,29-31,33H,6-8H2,1-3H3,(H2,24,32)/t10-,16-,19?,22-,23+/m0/s1. The van der Waals surface area contributed by atoms with Crippen LogP contribution >= 0.6 is 0 Å². The third kappa shape index (κ3) is 2.91. The number of hydrogen-bond donors (Lipinski definition) is 8. The highest BCUT2D eigenvalue weighted by Crippen LogP contribution is 2.58. The van der Waals surface area contributed by atoms with E-state index in [0.717, 1.165) is 0 Å². The van der Waals surface area contributed by atoms with Gasteiger partial charge in [-0.2, -0.15) is 0 Å². The molecule has 0 bridgehead atoms. The lowest BCUT2D eigenvalue weighted by Gasteiger charge is -2.55. The van der Waals surface area contributed by atoms with Crippen molar-refractivity contribution in [1.29, 1.82) is 0 Å². The van der Waals surface area contributed by atoms with Crippen LogP contribution in [-0.2, 0) is 16.0 Å². The van der Waals surface area contributed by atoms with Crippen molar-refractivity contribution < 1.29 is 39.9 Å². The minimum Gasteiger partial charge on any atom is -0.510 e. The number of nitrogens with two attached hydrogens (primary N) is 1. The van der Waals surface area contributed by atoms with Gasteiger partial charge in [-0.3, -0.25) is 9.59 Å². The monoisotopic (exact) mass is 475 g/mol. The van der Waals surface area contributed by atoms with Crippen molar-refractivity contribution in [2.24, 2.45) is 17.1 Å². The highest BCUT2D eigenvalue weighted by Gasteiger charge is 2.65. The lowest BCUT2D eigenvalue weighted by molar-refractivity contribution is -0.144. The molecule has 3 aliphatic carbocycles. The van der Waals surface area contributed by atoms with Crippen LogP contribution in [0.5, 0.6) is 5.75 Å². The Balaban J connectivity index is 2.05. The number of aliphatic hydroxyl groups excluding tert-OH is 3. The van der Waals surface area contributed by atoms with E-state index < -0.39 is 57.9 Å². The highest BCUT2D eigenvalue weighted by atomic mass is 16.5. The molecule has 0 aromatic heterocycles. The number of benzene rings is 1. The van der Waals surface area contributed by atoms with Gasteiger partial charge in [-0.15, -0.1) is 0 Å². The molecule has 1 aromatic rings. The average Bonchev–Trinajstić information content (AvgIpc) is 2.76. The van der Waals surface area contributed by atoms with E-state index in [1.165, 1.54) is 20.2 Å². The Bertz CT molecular complexity index is 1150. The number of phenols is 1. The molecule has 1 unspecified atom stereocenters. The fourth-order valence-electron chi connectivity index (χ4n) is 6.06. The number of phenolic OH excluding ortho intramolecular Hbond substituents is 1. The lowest BCUT2D eigenvalue weighted by atomic mass is 9.52. The molecule has 11 nitrogen and oxygen atoms in total. The third-order valence-electron chi connectivity index (χ3n) is 7.51. The van der Waals surface area contributed by atoms with Gasteiger partial charge in [0.2, 0.25) is 0 Å². The average molecular weight is 475 g/mol. The number of methoxy groups -OCH3 is 1. The Morgan fingerprint density at radius 1 is 1.26 bits per heavy atom. The van der Waals surface area contributed by atoms with Gasteiger partial charge in [0.05, 0.1) is 23.8 Å². The molecule has 184 valence electrons. The molecule has 0 radical (unpaired) electrons. The highest BCUT2D eigenvalue weighted by molar-refractivity contribution is 6.15. The van der Waals surface area contributed by atoms with Crippen molar-refractivity contribution in [3.8, 4) is 5.75 Å². The number of fused-ring (bicyclic) bond motifs is 3. The van der Waals surface area contributed by atoms with E-state index in [9.17, 15) is 35.1 Å². The number of ketones is 1. The summed E-state index contributed by atoms with van der Waals surface area (Å²) in [6, 6.07) is 1.91. The molecule has 34 heavy (non-hydrogen) atoms. The summed E-state index contributed by atoms with van der Waals surface area (Å²) >= 11 is 0. The second-order valence-electron chi connectivity index (χ2n) is 9.15. The number of rotatable bonds is 5. The quantitative estimate of drug-likeness (QED) is 0.260. The molecular weight excluding hydrogens is 446 g/mol. The normalized spacial score (nSPS) is 32.7. The van der Waals surface area contributed by atoms with Crippen molar-refractivity contribution in [3.05, 3.63) is 45.9 Å². The Morgan fingerprint density at radius 3 is 2.50 bits per heavy atom. The second-order valence-corrected chi connectivity index (χ2v) is 9.15. The van der Waals surface area contributed by atoms with Crippen LogP contribution in [0, 0.1) is 11.3 Å². The molecule has 9 N–H and O–H groups in total. The number of nitrogens with one attached hydrogen (secondary N) is 2. The number of Topliss-reactive ketones (excluding diaryl/α,β-unsaturated/α-hetero) is 1. The number of carbonyl (C=O) groups is 2. The van der Waals surface area contributed by atoms with Crippen LogP contribution in [0.3, 0.4) is 0 Å². The van der Waals surface area contributed by atoms with E-state index in [1.54, 1.807) is 13.1 Å². The van der Waals surface area contributed by atoms with Gasteiger partial charge in [-0.25, -0.2) is 0 Å². The Labute approximate surface area is 195 Å². The van der Waals surface area contributed by atoms with Crippen LogP contribution in [0.15, 0.2) is 34.8 Å². The van der Waals surface area contributed by atoms with E-state index in [1.807, 2.05) is 0 Å². The minimum atomic E-state index is -2.51. The number of likely N-dealkylation sites (N-methyl/N-ethyl adjacent to an activating group) is 1. The van der Waals surface area contributed by atoms with Crippen molar-refractivity contribution in [1.82, 2.24) is 5.32 Å². The molecule has 0 saturated heterocycles. The van der Waals surface area contributed by atoms with Crippen LogP contribution in [0.4, 0.5) is 5.69 Å². The number of aliphatic hydroxyl groups is 4. The first kappa shape index (κ1) is 24.0. The first-order valence-electron chi connectivity index (χ1n) is 10.8. The van der Waals surface area contributed by atoms with Crippen LogP contribution in [0.25, 0.3) is 0 Å². The maximum Gasteiger partial charge on any atom is 0.250 e. The largest absolute Gasteiger partial charge is 0.510 e. The zero-order valence-corrected chi connectivity index (χ0v) is 19.0. The summed E-state index contributed by atoms with van der Waals surface area (Å²) in [7, 11) is 4.58. The molecule has 0 spiro atoms. The van der Waals surface area contributed by atoms with E-state index in [-0.39, 0.29) is 36.3 Å². The molecule has 0 fully saturated rings. The molecule has 5 atom stereocenters. The first-order chi connectivity index (χ1) is 16.0. The predicted molar refractivity (Wildman–Crippen MR) is 120 cm³/mol. The van der Waals surface area contributed by atoms with E-state index >= 15 is 0 Å². The fraction of sp³-hybridized carbons (Fsp3) is 0.478. The van der Waals surface area contributed by atoms with Gasteiger partial charge >= 0.3 is 0 Å². The maximum atomic E-state index is 13.8. The van der Waals surface area contributed by atoms with Crippen molar-refractivity contribution >= 4 is 17.4 Å². The lowest BCUT2D eigenvalue weighted by Crippen LogP contribution is -2.67. The maximum absolute atomic E-state index is 13.8. The first-order valence-corrected chi connectivity index (χ1v) is 10.8. The van der Waals surface area contributed by atoms with Crippen molar-refractivity contribution in [2.45, 2.75) is 30.6 Å². The molecule has 0 aliphatic heterocycles. The van der Waals surface area contributed by atoms with E-state index in [0.29, 0.717) is 11.3 Å². The van der Waals surface area contributed by atoms with Gasteiger partial charge in [0.25, 0.3) is 5.91 Å². The van der Waals surface area contributed by atoms with Crippen LogP contribution in [0.2, 0.25) is 0 Å². The number of hydrogen-bond acceptors (Lipinski definition) is 10. The Hall–Kier alpha value is -3.12. The molecule has 1 amide bonds. The van der Waals surface area contributed by atoms with Gasteiger partial charge in [0, 0.05) is 36.8 Å². The smallest absolute Gasteiger partial charge is 0.250 e. The fourth-order valence-corrected chi connectivity index (χ4v) is 6.06. The Kier molecular flexibility index (Phi) is 5.64. The number of ether oxygens (including phenoxy) is 1. The summed E-state index contributed by atoms with van der Waals surface area (Å²) in [5.41, 5.74) is 1.88. The Morgan fingerprint density at radius 2 is 1.94 bits per heavy atom. The predicted octanol–water partition coefficient (Wildman–Crippen LogP) is -0.371. The van der Waals surface area contributed by atoms with Gasteiger partial charge in [0.1, 0.15) is 23.4 Å². The minimum absolute atomic E-state index is 0.0145. The summed E-state index contributed by atoms with van der Waals surface area (Å²) in [6.07, 6.45) is -1.96. The number of aromatic hydroxyl groups is 1. The van der Waals surface area contributed by atoms with Gasteiger partial charge in [-0.05, 0) is 37.6 Å². The number of primary amides is 1. The summed E-state index contributed by atoms with van der Waals surface area (Å²) in [5, 5.41) is 61.2. The molecular formula is C23H29N3O8. The van der Waals surface area contributed by atoms with Crippen LogP contribution in [-0.4, -0.2) is 82.8 Å². The van der Waals surface area contributed by atoms with Gasteiger partial charge in [-0.1, -0.05) is 0 Å². The molecule has 0 saturated carbocycles. The summed E-state index contributed by atoms with van der Waals surface area (Å²) < 4.78 is 5.46. The number of anilines is 1. The van der Waals surface area contributed by atoms with Crippen molar-refractivity contribution in [2.75, 3.05) is 33.1 Å². The van der Waals surface area contributed by atoms with Gasteiger partial charge in [0.15, 0.2) is 11.4 Å². The zero-order chi connectivity index (χ0) is 25.2. The van der Waals surface area contributed by atoms with E-state index in [2.05, 4.69) is 10.6 Å². The topological polar surface area (TPSA) is 195 Å². The summed E-state index contributed by atoms with van der Waals surface area (Å²) in [6.45, 7) is -0.0390. The molecule has 3 aliphatic rings.